The summed E-state index contributed by atoms with van der Waals surface area (Å²) in [4.78, 5) is 12.3. The molecule has 0 saturated heterocycles. The molecule has 3 rings (SSSR count). The number of thioether (sulfide) groups is 1. The number of benzene rings is 2. The van der Waals surface area contributed by atoms with Gasteiger partial charge in [-0.25, -0.2) is 0 Å². The van der Waals surface area contributed by atoms with Crippen molar-refractivity contribution in [3.8, 4) is 5.75 Å². The topological polar surface area (TPSA) is 69.0 Å². The molecule has 158 valence electrons. The number of rotatable bonds is 8. The first-order chi connectivity index (χ1) is 14.4. The summed E-state index contributed by atoms with van der Waals surface area (Å²) >= 11 is 10.8. The number of nitrogens with one attached hydrogen (secondary N) is 1. The second-order valence-electron chi connectivity index (χ2n) is 6.64. The molecule has 0 spiro atoms. The maximum Gasteiger partial charge on any atom is 0.234 e. The van der Waals surface area contributed by atoms with Crippen molar-refractivity contribution in [3.05, 3.63) is 62.8 Å². The zero-order valence-corrected chi connectivity index (χ0v) is 20.1. The molecule has 1 heterocycles. The lowest BCUT2D eigenvalue weighted by atomic mass is 10.1. The number of hydrogen-bond acceptors (Lipinski definition) is 5. The summed E-state index contributed by atoms with van der Waals surface area (Å²) in [5, 5.41) is 12.4. The van der Waals surface area contributed by atoms with Crippen molar-refractivity contribution in [1.82, 2.24) is 14.8 Å². The van der Waals surface area contributed by atoms with Crippen LogP contribution in [0.25, 0.3) is 0 Å². The van der Waals surface area contributed by atoms with Crippen molar-refractivity contribution in [2.75, 3.05) is 11.1 Å². The Morgan fingerprint density at radius 3 is 2.70 bits per heavy atom. The van der Waals surface area contributed by atoms with Crippen molar-refractivity contribution < 1.29 is 9.53 Å². The number of carbonyl (C=O) groups excluding carboxylic acids is 1. The van der Waals surface area contributed by atoms with E-state index in [1.54, 1.807) is 12.1 Å². The average Bonchev–Trinajstić information content (AvgIpc) is 3.11. The number of carbonyl (C=O) groups is 1. The monoisotopic (exact) mass is 508 g/mol. The molecular formula is C21H22BrClN4O2S. The summed E-state index contributed by atoms with van der Waals surface area (Å²) in [6.07, 6.45) is 0. The molecule has 0 unspecified atom stereocenters. The van der Waals surface area contributed by atoms with Crippen LogP contribution >= 0.6 is 39.3 Å². The molecule has 0 fully saturated rings. The number of hydrogen-bond donors (Lipinski definition) is 1. The summed E-state index contributed by atoms with van der Waals surface area (Å²) in [6, 6.07) is 11.3. The SMILES string of the molecule is CCn1c(COc2ccc(C)c(C)c2)nnc1SCC(=O)Nc1ccc(Br)cc1Cl. The van der Waals surface area contributed by atoms with Crippen LogP contribution in [0.1, 0.15) is 23.9 Å². The van der Waals surface area contributed by atoms with Gasteiger partial charge >= 0.3 is 0 Å². The van der Waals surface area contributed by atoms with Crippen LogP contribution in [0.4, 0.5) is 5.69 Å². The lowest BCUT2D eigenvalue weighted by molar-refractivity contribution is -0.113. The van der Waals surface area contributed by atoms with E-state index in [0.29, 0.717) is 29.0 Å². The van der Waals surface area contributed by atoms with E-state index in [-0.39, 0.29) is 11.7 Å². The lowest BCUT2D eigenvalue weighted by Gasteiger charge is -2.10. The Labute approximate surface area is 193 Å². The standard InChI is InChI=1S/C21H22BrClN4O2S/c1-4-27-19(11-29-16-7-5-13(2)14(3)9-16)25-26-21(27)30-12-20(28)24-18-8-6-15(22)10-17(18)23/h5-10H,4,11-12H2,1-3H3,(H,24,28). The van der Waals surface area contributed by atoms with Crippen molar-refractivity contribution in [2.24, 2.45) is 0 Å². The van der Waals surface area contributed by atoms with Crippen molar-refractivity contribution in [2.45, 2.75) is 39.1 Å². The fourth-order valence-electron chi connectivity index (χ4n) is 2.71. The van der Waals surface area contributed by atoms with Gasteiger partial charge in [0.25, 0.3) is 0 Å². The van der Waals surface area contributed by atoms with Crippen molar-refractivity contribution in [3.63, 3.8) is 0 Å². The first-order valence-electron chi connectivity index (χ1n) is 9.37. The third-order valence-corrected chi connectivity index (χ3v) is 6.27. The van der Waals surface area contributed by atoms with Crippen LogP contribution in [0.3, 0.4) is 0 Å². The largest absolute Gasteiger partial charge is 0.486 e. The molecule has 30 heavy (non-hydrogen) atoms. The first-order valence-corrected chi connectivity index (χ1v) is 11.5. The number of aryl methyl sites for hydroxylation is 2. The van der Waals surface area contributed by atoms with Gasteiger partial charge in [0.05, 0.1) is 16.5 Å². The Kier molecular flexibility index (Phi) is 7.80. The third kappa shape index (κ3) is 5.77. The van der Waals surface area contributed by atoms with Gasteiger partial charge in [-0.15, -0.1) is 10.2 Å². The molecule has 6 nitrogen and oxygen atoms in total. The number of aromatic nitrogens is 3. The first kappa shape index (κ1) is 22.7. The number of anilines is 1. The van der Waals surface area contributed by atoms with Crippen LogP contribution in [0.15, 0.2) is 46.0 Å². The molecule has 0 aliphatic carbocycles. The molecule has 1 N–H and O–H groups in total. The highest BCUT2D eigenvalue weighted by Crippen LogP contribution is 2.26. The van der Waals surface area contributed by atoms with E-state index in [1.807, 2.05) is 35.8 Å². The van der Waals surface area contributed by atoms with Crippen LogP contribution in [0.5, 0.6) is 5.75 Å². The normalized spacial score (nSPS) is 10.8. The molecule has 0 atom stereocenters. The molecule has 1 amide bonds. The molecule has 3 aromatic rings. The Bertz CT molecular complexity index is 1060. The Morgan fingerprint density at radius 1 is 1.20 bits per heavy atom. The van der Waals surface area contributed by atoms with Crippen LogP contribution in [0, 0.1) is 13.8 Å². The predicted molar refractivity (Wildman–Crippen MR) is 124 cm³/mol. The highest BCUT2D eigenvalue weighted by atomic mass is 79.9. The third-order valence-electron chi connectivity index (χ3n) is 4.49. The summed E-state index contributed by atoms with van der Waals surface area (Å²) < 4.78 is 8.68. The quantitative estimate of drug-likeness (QED) is 0.398. The smallest absolute Gasteiger partial charge is 0.234 e. The van der Waals surface area contributed by atoms with Gasteiger partial charge in [-0.05, 0) is 62.2 Å². The van der Waals surface area contributed by atoms with Gasteiger partial charge in [-0.1, -0.05) is 45.4 Å². The van der Waals surface area contributed by atoms with Gasteiger partial charge in [-0.3, -0.25) is 4.79 Å². The highest BCUT2D eigenvalue weighted by Gasteiger charge is 2.14. The van der Waals surface area contributed by atoms with Gasteiger partial charge < -0.3 is 14.6 Å². The zero-order valence-electron chi connectivity index (χ0n) is 16.9. The molecule has 9 heteroatoms. The van der Waals surface area contributed by atoms with E-state index < -0.39 is 0 Å². The molecule has 0 saturated carbocycles. The molecule has 0 bridgehead atoms. The van der Waals surface area contributed by atoms with E-state index in [4.69, 9.17) is 16.3 Å². The second kappa shape index (κ2) is 10.3. The van der Waals surface area contributed by atoms with E-state index in [0.717, 1.165) is 16.0 Å². The van der Waals surface area contributed by atoms with Crippen LogP contribution < -0.4 is 10.1 Å². The molecule has 0 radical (unpaired) electrons. The predicted octanol–water partition coefficient (Wildman–Crippen LogP) is 5.64. The van der Waals surface area contributed by atoms with Gasteiger partial charge in [0.15, 0.2) is 11.0 Å². The maximum absolute atomic E-state index is 12.3. The van der Waals surface area contributed by atoms with Crippen LogP contribution in [0.2, 0.25) is 5.02 Å². The Balaban J connectivity index is 1.59. The number of halogens is 2. The maximum atomic E-state index is 12.3. The van der Waals surface area contributed by atoms with E-state index in [1.165, 1.54) is 22.9 Å². The minimum atomic E-state index is -0.164. The fraction of sp³-hybridized carbons (Fsp3) is 0.286. The van der Waals surface area contributed by atoms with Gasteiger partial charge in [0, 0.05) is 11.0 Å². The van der Waals surface area contributed by atoms with E-state index in [9.17, 15) is 4.79 Å². The fourth-order valence-corrected chi connectivity index (χ4v) is 4.25. The lowest BCUT2D eigenvalue weighted by Crippen LogP contribution is -2.15. The second-order valence-corrected chi connectivity index (χ2v) is 8.90. The minimum Gasteiger partial charge on any atom is -0.486 e. The van der Waals surface area contributed by atoms with Gasteiger partial charge in [0.1, 0.15) is 12.4 Å². The number of amides is 1. The Morgan fingerprint density at radius 2 is 2.00 bits per heavy atom. The van der Waals surface area contributed by atoms with Crippen molar-refractivity contribution in [1.29, 1.82) is 0 Å². The van der Waals surface area contributed by atoms with Gasteiger partial charge in [0.2, 0.25) is 5.91 Å². The van der Waals surface area contributed by atoms with E-state index in [2.05, 4.69) is 45.3 Å². The average molecular weight is 510 g/mol. The summed E-state index contributed by atoms with van der Waals surface area (Å²) in [7, 11) is 0. The molecule has 0 aliphatic heterocycles. The molecule has 1 aromatic heterocycles. The summed E-state index contributed by atoms with van der Waals surface area (Å²) in [5.74, 6) is 1.55. The van der Waals surface area contributed by atoms with Crippen molar-refractivity contribution >= 4 is 50.9 Å². The molecular weight excluding hydrogens is 488 g/mol. The molecule has 0 aliphatic rings. The minimum absolute atomic E-state index is 0.164. The zero-order chi connectivity index (χ0) is 21.7. The van der Waals surface area contributed by atoms with Crippen LogP contribution in [-0.4, -0.2) is 26.4 Å². The number of nitrogens with zero attached hydrogens (tertiary/aromatic N) is 3. The summed E-state index contributed by atoms with van der Waals surface area (Å²) in [5.41, 5.74) is 2.97. The number of ether oxygens (including phenoxy) is 1. The van der Waals surface area contributed by atoms with E-state index >= 15 is 0 Å². The van der Waals surface area contributed by atoms with Gasteiger partial charge in [-0.2, -0.15) is 0 Å². The molecule has 2 aromatic carbocycles. The highest BCUT2D eigenvalue weighted by molar-refractivity contribution is 9.10. The summed E-state index contributed by atoms with van der Waals surface area (Å²) in [6.45, 7) is 7.12. The Hall–Kier alpha value is -2.03. The van der Waals surface area contributed by atoms with Crippen LogP contribution in [-0.2, 0) is 17.9 Å².